The maximum absolute atomic E-state index is 2.44. The van der Waals surface area contributed by atoms with E-state index in [9.17, 15) is 0 Å². The van der Waals surface area contributed by atoms with E-state index in [1.165, 1.54) is 70.6 Å². The zero-order valence-corrected chi connectivity index (χ0v) is 12.9. The van der Waals surface area contributed by atoms with Crippen LogP contribution in [0.4, 0.5) is 0 Å². The number of hydrogen-bond acceptors (Lipinski definition) is 0. The van der Waals surface area contributed by atoms with Crippen LogP contribution < -0.4 is 0 Å². The molecule has 0 N–H and O–H groups in total. The summed E-state index contributed by atoms with van der Waals surface area (Å²) in [5.41, 5.74) is 0. The van der Waals surface area contributed by atoms with Crippen molar-refractivity contribution in [3.05, 3.63) is 0 Å². The summed E-state index contributed by atoms with van der Waals surface area (Å²) in [6.07, 6.45) is 15.9. The first-order chi connectivity index (χ1) is 8.16. The lowest BCUT2D eigenvalue weighted by atomic mass is 9.95. The molecule has 0 nitrogen and oxygen atoms in total. The molecule has 0 aliphatic heterocycles. The fourth-order valence-electron chi connectivity index (χ4n) is 2.47. The number of rotatable bonds is 12. The van der Waals surface area contributed by atoms with Crippen LogP contribution in [0.3, 0.4) is 0 Å². The van der Waals surface area contributed by atoms with E-state index in [1.807, 2.05) is 0 Å². The van der Waals surface area contributed by atoms with Gasteiger partial charge in [-0.15, -0.1) is 0 Å². The van der Waals surface area contributed by atoms with Gasteiger partial charge in [0.15, 0.2) is 0 Å². The monoisotopic (exact) mass is 240 g/mol. The van der Waals surface area contributed by atoms with Gasteiger partial charge in [0, 0.05) is 0 Å². The molecule has 17 heavy (non-hydrogen) atoms. The smallest absolute Gasteiger partial charge is 0.0443 e. The topological polar surface area (TPSA) is 0 Å². The van der Waals surface area contributed by atoms with Crippen LogP contribution in [-0.4, -0.2) is 0 Å². The maximum Gasteiger partial charge on any atom is -0.0443 e. The van der Waals surface area contributed by atoms with Crippen LogP contribution in [0.1, 0.15) is 98.3 Å². The lowest BCUT2D eigenvalue weighted by Gasteiger charge is -2.12. The molecule has 0 aromatic heterocycles. The SMILES string of the molecule is CCCCCCCCCC(C)CCCC(C)C. The summed E-state index contributed by atoms with van der Waals surface area (Å²) in [7, 11) is 0. The summed E-state index contributed by atoms with van der Waals surface area (Å²) < 4.78 is 0. The van der Waals surface area contributed by atoms with Crippen molar-refractivity contribution < 1.29 is 0 Å². The van der Waals surface area contributed by atoms with Gasteiger partial charge >= 0.3 is 0 Å². The first-order valence-corrected chi connectivity index (χ1v) is 8.16. The Labute approximate surface area is 111 Å². The molecule has 0 aliphatic rings. The summed E-state index contributed by atoms with van der Waals surface area (Å²) in [5, 5.41) is 0. The third-order valence-electron chi connectivity index (χ3n) is 3.78. The van der Waals surface area contributed by atoms with Gasteiger partial charge < -0.3 is 0 Å². The van der Waals surface area contributed by atoms with Gasteiger partial charge in [-0.05, 0) is 11.8 Å². The van der Waals surface area contributed by atoms with Gasteiger partial charge in [0.2, 0.25) is 0 Å². The van der Waals surface area contributed by atoms with E-state index in [2.05, 4.69) is 27.7 Å². The molecule has 0 saturated heterocycles. The molecule has 0 amide bonds. The van der Waals surface area contributed by atoms with Gasteiger partial charge in [0.25, 0.3) is 0 Å². The molecule has 0 spiro atoms. The van der Waals surface area contributed by atoms with E-state index in [-0.39, 0.29) is 0 Å². The third kappa shape index (κ3) is 13.9. The van der Waals surface area contributed by atoms with Crippen LogP contribution in [0.5, 0.6) is 0 Å². The average Bonchev–Trinajstić information content (AvgIpc) is 2.27. The van der Waals surface area contributed by atoms with Crippen LogP contribution in [0.2, 0.25) is 0 Å². The van der Waals surface area contributed by atoms with Gasteiger partial charge in [-0.1, -0.05) is 98.3 Å². The van der Waals surface area contributed by atoms with Crippen molar-refractivity contribution in [3.63, 3.8) is 0 Å². The van der Waals surface area contributed by atoms with E-state index >= 15 is 0 Å². The van der Waals surface area contributed by atoms with Gasteiger partial charge in [-0.25, -0.2) is 0 Å². The molecule has 1 unspecified atom stereocenters. The molecule has 0 fully saturated rings. The Bertz CT molecular complexity index is 137. The second kappa shape index (κ2) is 12.5. The van der Waals surface area contributed by atoms with E-state index in [0.717, 1.165) is 11.8 Å². The highest BCUT2D eigenvalue weighted by molar-refractivity contribution is 4.56. The van der Waals surface area contributed by atoms with E-state index < -0.39 is 0 Å². The normalized spacial score (nSPS) is 13.2. The second-order valence-electron chi connectivity index (χ2n) is 6.34. The van der Waals surface area contributed by atoms with Crippen molar-refractivity contribution in [1.82, 2.24) is 0 Å². The predicted octanol–water partition coefficient (Wildman–Crippen LogP) is 6.59. The van der Waals surface area contributed by atoms with Crippen LogP contribution in [0, 0.1) is 11.8 Å². The zero-order valence-electron chi connectivity index (χ0n) is 12.9. The molecule has 0 bridgehead atoms. The molecule has 0 heterocycles. The summed E-state index contributed by atoms with van der Waals surface area (Å²) in [6.45, 7) is 9.40. The minimum Gasteiger partial charge on any atom is -0.0654 e. The molecule has 104 valence electrons. The van der Waals surface area contributed by atoms with Gasteiger partial charge in [-0.2, -0.15) is 0 Å². The molecule has 1 atom stereocenters. The molecular formula is C17H36. The molecule has 0 aromatic carbocycles. The van der Waals surface area contributed by atoms with Crippen LogP contribution >= 0.6 is 0 Å². The van der Waals surface area contributed by atoms with E-state index in [4.69, 9.17) is 0 Å². The first kappa shape index (κ1) is 17.0. The summed E-state index contributed by atoms with van der Waals surface area (Å²) in [5.74, 6) is 1.85. The maximum atomic E-state index is 2.44. The Hall–Kier alpha value is 0. The van der Waals surface area contributed by atoms with Gasteiger partial charge in [0.05, 0.1) is 0 Å². The predicted molar refractivity (Wildman–Crippen MR) is 80.5 cm³/mol. The Balaban J connectivity index is 3.13. The second-order valence-corrected chi connectivity index (χ2v) is 6.34. The number of hydrogen-bond donors (Lipinski definition) is 0. The van der Waals surface area contributed by atoms with Crippen molar-refractivity contribution in [1.29, 1.82) is 0 Å². The Morgan fingerprint density at radius 1 is 0.588 bits per heavy atom. The van der Waals surface area contributed by atoms with Gasteiger partial charge in [0.1, 0.15) is 0 Å². The third-order valence-corrected chi connectivity index (χ3v) is 3.78. The lowest BCUT2D eigenvalue weighted by molar-refractivity contribution is 0.418. The Kier molecular flexibility index (Phi) is 12.5. The lowest BCUT2D eigenvalue weighted by Crippen LogP contribution is -1.96. The highest BCUT2D eigenvalue weighted by Gasteiger charge is 2.02. The highest BCUT2D eigenvalue weighted by Crippen LogP contribution is 2.18. The van der Waals surface area contributed by atoms with E-state index in [1.54, 1.807) is 0 Å². The van der Waals surface area contributed by atoms with Crippen molar-refractivity contribution in [2.24, 2.45) is 11.8 Å². The zero-order chi connectivity index (χ0) is 12.9. The fraction of sp³-hybridized carbons (Fsp3) is 1.00. The average molecular weight is 240 g/mol. The first-order valence-electron chi connectivity index (χ1n) is 8.16. The molecule has 0 saturated carbocycles. The van der Waals surface area contributed by atoms with Crippen molar-refractivity contribution in [2.75, 3.05) is 0 Å². The van der Waals surface area contributed by atoms with Crippen molar-refractivity contribution in [3.8, 4) is 0 Å². The minimum atomic E-state index is 0.890. The largest absolute Gasteiger partial charge is 0.0654 e. The van der Waals surface area contributed by atoms with Crippen molar-refractivity contribution in [2.45, 2.75) is 98.3 Å². The molecule has 0 heteroatoms. The molecule has 0 aliphatic carbocycles. The minimum absolute atomic E-state index is 0.890. The van der Waals surface area contributed by atoms with Gasteiger partial charge in [-0.3, -0.25) is 0 Å². The summed E-state index contributed by atoms with van der Waals surface area (Å²) in [4.78, 5) is 0. The van der Waals surface area contributed by atoms with E-state index in [0.29, 0.717) is 0 Å². The molecular weight excluding hydrogens is 204 g/mol. The molecule has 0 radical (unpaired) electrons. The molecule has 0 rings (SSSR count). The standard InChI is InChI=1S/C17H36/c1-5-6-7-8-9-10-11-14-17(4)15-12-13-16(2)3/h16-17H,5-15H2,1-4H3. The highest BCUT2D eigenvalue weighted by atomic mass is 14.1. The quantitative estimate of drug-likeness (QED) is 0.338. The van der Waals surface area contributed by atoms with Crippen LogP contribution in [0.25, 0.3) is 0 Å². The fourth-order valence-corrected chi connectivity index (χ4v) is 2.47. The van der Waals surface area contributed by atoms with Crippen LogP contribution in [-0.2, 0) is 0 Å². The Morgan fingerprint density at radius 2 is 1.12 bits per heavy atom. The summed E-state index contributed by atoms with van der Waals surface area (Å²) in [6, 6.07) is 0. The Morgan fingerprint density at radius 3 is 1.71 bits per heavy atom. The molecule has 0 aromatic rings. The summed E-state index contributed by atoms with van der Waals surface area (Å²) >= 11 is 0. The number of unbranched alkanes of at least 4 members (excludes halogenated alkanes) is 6. The van der Waals surface area contributed by atoms with Crippen LogP contribution in [0.15, 0.2) is 0 Å². The van der Waals surface area contributed by atoms with Crippen molar-refractivity contribution >= 4 is 0 Å².